The number of anilines is 1. The maximum absolute atomic E-state index is 11.8. The van der Waals surface area contributed by atoms with E-state index in [0.29, 0.717) is 17.2 Å². The average Bonchev–Trinajstić information content (AvgIpc) is 2.06. The van der Waals surface area contributed by atoms with Gasteiger partial charge in [0.05, 0.1) is 17.9 Å². The first-order valence-electron chi connectivity index (χ1n) is 3.92. The zero-order valence-electron chi connectivity index (χ0n) is 7.51. The SMILES string of the molecule is Cc1cnc(C)c(NCC(F)F)n1. The number of halogens is 2. The Balaban J connectivity index is 2.70. The minimum atomic E-state index is -2.37. The van der Waals surface area contributed by atoms with E-state index in [1.165, 1.54) is 0 Å². The van der Waals surface area contributed by atoms with E-state index in [0.717, 1.165) is 0 Å². The van der Waals surface area contributed by atoms with Crippen molar-refractivity contribution in [1.29, 1.82) is 0 Å². The monoisotopic (exact) mass is 187 g/mol. The molecular weight excluding hydrogens is 176 g/mol. The van der Waals surface area contributed by atoms with E-state index in [1.807, 2.05) is 0 Å². The molecule has 0 saturated carbocycles. The molecular formula is C8H11F2N3. The summed E-state index contributed by atoms with van der Waals surface area (Å²) in [6, 6.07) is 0. The topological polar surface area (TPSA) is 37.8 Å². The highest BCUT2D eigenvalue weighted by atomic mass is 19.3. The van der Waals surface area contributed by atoms with Crippen molar-refractivity contribution in [2.24, 2.45) is 0 Å². The van der Waals surface area contributed by atoms with Crippen molar-refractivity contribution in [3.8, 4) is 0 Å². The molecule has 0 fully saturated rings. The summed E-state index contributed by atoms with van der Waals surface area (Å²) in [6.07, 6.45) is -0.773. The second kappa shape index (κ2) is 4.11. The van der Waals surface area contributed by atoms with Gasteiger partial charge >= 0.3 is 0 Å². The largest absolute Gasteiger partial charge is 0.363 e. The Morgan fingerprint density at radius 2 is 2.15 bits per heavy atom. The van der Waals surface area contributed by atoms with E-state index in [9.17, 15) is 8.78 Å². The molecule has 5 heteroatoms. The molecule has 0 aliphatic carbocycles. The normalized spacial score (nSPS) is 10.5. The summed E-state index contributed by atoms with van der Waals surface area (Å²) in [6.45, 7) is 3.10. The van der Waals surface area contributed by atoms with Gasteiger partial charge in [-0.3, -0.25) is 4.98 Å². The Kier molecular flexibility index (Phi) is 3.11. The van der Waals surface area contributed by atoms with Crippen LogP contribution in [0.3, 0.4) is 0 Å². The predicted molar refractivity (Wildman–Crippen MR) is 46.0 cm³/mol. The van der Waals surface area contributed by atoms with Gasteiger partial charge in [-0.15, -0.1) is 0 Å². The molecule has 0 radical (unpaired) electrons. The summed E-state index contributed by atoms with van der Waals surface area (Å²) in [5, 5.41) is 2.53. The van der Waals surface area contributed by atoms with E-state index in [2.05, 4.69) is 15.3 Å². The van der Waals surface area contributed by atoms with Crippen LogP contribution < -0.4 is 5.32 Å². The van der Waals surface area contributed by atoms with Crippen molar-refractivity contribution in [2.75, 3.05) is 11.9 Å². The lowest BCUT2D eigenvalue weighted by molar-refractivity contribution is 0.163. The molecule has 0 aliphatic heterocycles. The Hall–Kier alpha value is -1.26. The van der Waals surface area contributed by atoms with Crippen molar-refractivity contribution >= 4 is 5.82 Å². The van der Waals surface area contributed by atoms with Crippen LogP contribution in [0.4, 0.5) is 14.6 Å². The third kappa shape index (κ3) is 2.93. The molecule has 1 heterocycles. The summed E-state index contributed by atoms with van der Waals surface area (Å²) in [4.78, 5) is 8.02. The van der Waals surface area contributed by atoms with Gasteiger partial charge in [-0.2, -0.15) is 0 Å². The lowest BCUT2D eigenvalue weighted by atomic mass is 10.4. The summed E-state index contributed by atoms with van der Waals surface area (Å²) in [7, 11) is 0. The molecule has 1 aromatic rings. The van der Waals surface area contributed by atoms with Gasteiger partial charge in [-0.05, 0) is 13.8 Å². The molecule has 1 aromatic heterocycles. The maximum Gasteiger partial charge on any atom is 0.255 e. The van der Waals surface area contributed by atoms with Crippen LogP contribution in [0.2, 0.25) is 0 Å². The van der Waals surface area contributed by atoms with Gasteiger partial charge in [-0.1, -0.05) is 0 Å². The number of alkyl halides is 2. The van der Waals surface area contributed by atoms with E-state index < -0.39 is 6.43 Å². The summed E-state index contributed by atoms with van der Waals surface area (Å²) in [5.41, 5.74) is 1.34. The fourth-order valence-corrected chi connectivity index (χ4v) is 0.879. The number of aromatic nitrogens is 2. The van der Waals surface area contributed by atoms with E-state index in [-0.39, 0.29) is 6.54 Å². The lowest BCUT2D eigenvalue weighted by Gasteiger charge is -2.07. The Morgan fingerprint density at radius 1 is 1.46 bits per heavy atom. The molecule has 72 valence electrons. The smallest absolute Gasteiger partial charge is 0.255 e. The molecule has 1 rings (SSSR count). The average molecular weight is 187 g/mol. The Labute approximate surface area is 75.2 Å². The van der Waals surface area contributed by atoms with Gasteiger partial charge in [-0.25, -0.2) is 13.8 Å². The van der Waals surface area contributed by atoms with Gasteiger partial charge in [0.2, 0.25) is 0 Å². The molecule has 0 aromatic carbocycles. The molecule has 3 nitrogen and oxygen atoms in total. The lowest BCUT2D eigenvalue weighted by Crippen LogP contribution is -2.13. The van der Waals surface area contributed by atoms with Crippen LogP contribution in [-0.4, -0.2) is 22.9 Å². The number of hydrogen-bond donors (Lipinski definition) is 1. The number of nitrogens with zero attached hydrogens (tertiary/aromatic N) is 2. The van der Waals surface area contributed by atoms with Crippen LogP contribution >= 0.6 is 0 Å². The van der Waals surface area contributed by atoms with Gasteiger partial charge < -0.3 is 5.32 Å². The Morgan fingerprint density at radius 3 is 2.77 bits per heavy atom. The highest BCUT2D eigenvalue weighted by Crippen LogP contribution is 2.08. The predicted octanol–water partition coefficient (Wildman–Crippen LogP) is 1.77. The first-order chi connectivity index (χ1) is 6.09. The second-order valence-electron chi connectivity index (χ2n) is 2.72. The standard InChI is InChI=1S/C8H11F2N3/c1-5-3-11-6(2)8(13-5)12-4-7(9)10/h3,7H,4H2,1-2H3,(H,12,13). The fraction of sp³-hybridized carbons (Fsp3) is 0.500. The first kappa shape index (κ1) is 9.83. The van der Waals surface area contributed by atoms with Crippen molar-refractivity contribution in [1.82, 2.24) is 9.97 Å². The quantitative estimate of drug-likeness (QED) is 0.783. The van der Waals surface area contributed by atoms with Gasteiger partial charge in [0.25, 0.3) is 6.43 Å². The zero-order valence-corrected chi connectivity index (χ0v) is 7.51. The van der Waals surface area contributed by atoms with Crippen molar-refractivity contribution in [2.45, 2.75) is 20.3 Å². The van der Waals surface area contributed by atoms with E-state index >= 15 is 0 Å². The molecule has 0 unspecified atom stereocenters. The number of rotatable bonds is 3. The van der Waals surface area contributed by atoms with E-state index in [4.69, 9.17) is 0 Å². The maximum atomic E-state index is 11.8. The molecule has 0 spiro atoms. The minimum Gasteiger partial charge on any atom is -0.363 e. The number of hydrogen-bond acceptors (Lipinski definition) is 3. The molecule has 0 bridgehead atoms. The number of nitrogens with one attached hydrogen (secondary N) is 1. The van der Waals surface area contributed by atoms with Crippen molar-refractivity contribution in [3.05, 3.63) is 17.6 Å². The molecule has 0 aliphatic rings. The molecule has 0 saturated heterocycles. The number of aryl methyl sites for hydroxylation is 2. The van der Waals surface area contributed by atoms with Gasteiger partial charge in [0, 0.05) is 6.20 Å². The van der Waals surface area contributed by atoms with E-state index in [1.54, 1.807) is 20.0 Å². The third-order valence-electron chi connectivity index (χ3n) is 1.50. The first-order valence-corrected chi connectivity index (χ1v) is 3.92. The van der Waals surface area contributed by atoms with Crippen molar-refractivity contribution in [3.63, 3.8) is 0 Å². The third-order valence-corrected chi connectivity index (χ3v) is 1.50. The minimum absolute atomic E-state index is 0.390. The van der Waals surface area contributed by atoms with Crippen LogP contribution in [0.5, 0.6) is 0 Å². The van der Waals surface area contributed by atoms with Gasteiger partial charge in [0.15, 0.2) is 0 Å². The highest BCUT2D eigenvalue weighted by Gasteiger charge is 2.05. The summed E-state index contributed by atoms with van der Waals surface area (Å²) >= 11 is 0. The van der Waals surface area contributed by atoms with Crippen molar-refractivity contribution < 1.29 is 8.78 Å². The van der Waals surface area contributed by atoms with Gasteiger partial charge in [0.1, 0.15) is 5.82 Å². The zero-order chi connectivity index (χ0) is 9.84. The highest BCUT2D eigenvalue weighted by molar-refractivity contribution is 5.39. The molecule has 0 amide bonds. The summed E-state index contributed by atoms with van der Waals surface area (Å²) < 4.78 is 23.7. The van der Waals surface area contributed by atoms with Crippen LogP contribution in [0.15, 0.2) is 6.20 Å². The van der Waals surface area contributed by atoms with Crippen LogP contribution in [0, 0.1) is 13.8 Å². The second-order valence-corrected chi connectivity index (χ2v) is 2.72. The van der Waals surface area contributed by atoms with Crippen LogP contribution in [0.25, 0.3) is 0 Å². The molecule has 0 atom stereocenters. The molecule has 13 heavy (non-hydrogen) atoms. The summed E-state index contributed by atoms with van der Waals surface area (Å²) in [5.74, 6) is 0.431. The molecule has 1 N–H and O–H groups in total. The van der Waals surface area contributed by atoms with Crippen LogP contribution in [-0.2, 0) is 0 Å². The fourth-order valence-electron chi connectivity index (χ4n) is 0.879. The van der Waals surface area contributed by atoms with Crippen LogP contribution in [0.1, 0.15) is 11.4 Å². The Bertz CT molecular complexity index is 289.